The molecule has 9 heteroatoms. The third-order valence-corrected chi connectivity index (χ3v) is 6.69. The molecule has 3 aliphatic rings. The topological polar surface area (TPSA) is 110 Å². The highest BCUT2D eigenvalue weighted by Gasteiger charge is 2.59. The van der Waals surface area contributed by atoms with Crippen LogP contribution < -0.4 is 4.90 Å². The van der Waals surface area contributed by atoms with Crippen LogP contribution in [-0.4, -0.2) is 35.9 Å². The van der Waals surface area contributed by atoms with Gasteiger partial charge in [0.1, 0.15) is 5.76 Å². The first-order valence-corrected chi connectivity index (χ1v) is 10.9. The number of allylic oxidation sites excluding steroid dienone is 5. The minimum absolute atomic E-state index is 0.0439. The van der Waals surface area contributed by atoms with Crippen LogP contribution in [0.3, 0.4) is 0 Å². The highest BCUT2D eigenvalue weighted by Crippen LogP contribution is 2.55. The standard InChI is InChI=1S/C20H22N2O6S/c1-19(2)16-5-3-4-6-17(16)21(11-12-29(25,26)27)20(19)10-9-14-13-15(22(23)24)7-8-18(14)28-20/h3-6,9-10,13H,7-8,11-12H2,1-2H3,(H,25,26,27)/t20-/m1/s1. The molecule has 8 nitrogen and oxygen atoms in total. The molecule has 2 heterocycles. The van der Waals surface area contributed by atoms with Gasteiger partial charge < -0.3 is 9.64 Å². The van der Waals surface area contributed by atoms with Crippen LogP contribution >= 0.6 is 0 Å². The monoisotopic (exact) mass is 418 g/mol. The molecule has 1 N–H and O–H groups in total. The molecular weight excluding hydrogens is 396 g/mol. The van der Waals surface area contributed by atoms with Gasteiger partial charge in [0.25, 0.3) is 10.1 Å². The first-order valence-electron chi connectivity index (χ1n) is 9.34. The van der Waals surface area contributed by atoms with Gasteiger partial charge in [-0.15, -0.1) is 0 Å². The zero-order valence-corrected chi connectivity index (χ0v) is 17.0. The van der Waals surface area contributed by atoms with Gasteiger partial charge in [-0.2, -0.15) is 8.42 Å². The lowest BCUT2D eigenvalue weighted by Gasteiger charge is -2.48. The van der Waals surface area contributed by atoms with E-state index in [1.165, 1.54) is 6.08 Å². The molecule has 4 rings (SSSR count). The average Bonchev–Trinajstić information content (AvgIpc) is 2.83. The number of anilines is 1. The van der Waals surface area contributed by atoms with Crippen LogP contribution in [0, 0.1) is 10.1 Å². The lowest BCUT2D eigenvalue weighted by Crippen LogP contribution is -2.58. The molecule has 0 amide bonds. The Morgan fingerprint density at radius 3 is 2.69 bits per heavy atom. The lowest BCUT2D eigenvalue weighted by atomic mass is 9.76. The molecule has 0 saturated heterocycles. The molecule has 154 valence electrons. The van der Waals surface area contributed by atoms with Crippen LogP contribution in [0.4, 0.5) is 5.69 Å². The lowest BCUT2D eigenvalue weighted by molar-refractivity contribution is -0.428. The number of nitro groups is 1. The summed E-state index contributed by atoms with van der Waals surface area (Å²) in [4.78, 5) is 12.6. The Bertz CT molecular complexity index is 1090. The van der Waals surface area contributed by atoms with Gasteiger partial charge in [0.2, 0.25) is 11.4 Å². The van der Waals surface area contributed by atoms with E-state index in [4.69, 9.17) is 4.74 Å². The van der Waals surface area contributed by atoms with Crippen LogP contribution in [0.1, 0.15) is 32.3 Å². The van der Waals surface area contributed by atoms with Gasteiger partial charge in [-0.05, 0) is 37.6 Å². The Balaban J connectivity index is 1.79. The van der Waals surface area contributed by atoms with Gasteiger partial charge in [0.05, 0.1) is 16.1 Å². The number of ether oxygens (including phenoxy) is 1. The maximum atomic E-state index is 11.4. The number of hydrogen-bond donors (Lipinski definition) is 1. The predicted octanol–water partition coefficient (Wildman–Crippen LogP) is 3.16. The van der Waals surface area contributed by atoms with E-state index in [0.29, 0.717) is 17.8 Å². The zero-order chi connectivity index (χ0) is 21.0. The number of hydrogen-bond acceptors (Lipinski definition) is 6. The molecule has 0 radical (unpaired) electrons. The quantitative estimate of drug-likeness (QED) is 0.454. The summed E-state index contributed by atoms with van der Waals surface area (Å²) in [5.74, 6) is 0.212. The van der Waals surface area contributed by atoms with E-state index in [1.54, 1.807) is 0 Å². The third kappa shape index (κ3) is 3.05. The van der Waals surface area contributed by atoms with Crippen molar-refractivity contribution in [3.05, 3.63) is 75.2 Å². The molecule has 0 saturated carbocycles. The third-order valence-electron chi connectivity index (χ3n) is 5.99. The van der Waals surface area contributed by atoms with Crippen molar-refractivity contribution in [2.24, 2.45) is 0 Å². The summed E-state index contributed by atoms with van der Waals surface area (Å²) in [6.07, 6.45) is 5.85. The van der Waals surface area contributed by atoms with Crippen LogP contribution in [0.15, 0.2) is 59.5 Å². The molecule has 1 atom stereocenters. The van der Waals surface area contributed by atoms with Crippen molar-refractivity contribution in [2.75, 3.05) is 17.2 Å². The number of rotatable bonds is 4. The van der Waals surface area contributed by atoms with Gasteiger partial charge in [0.15, 0.2) is 0 Å². The van der Waals surface area contributed by atoms with E-state index < -0.39 is 27.0 Å². The smallest absolute Gasteiger partial charge is 0.266 e. The maximum Gasteiger partial charge on any atom is 0.266 e. The van der Waals surface area contributed by atoms with E-state index in [2.05, 4.69) is 0 Å². The minimum Gasteiger partial charge on any atom is -0.467 e. The van der Waals surface area contributed by atoms with E-state index in [1.807, 2.05) is 55.2 Å². The molecule has 0 bridgehead atoms. The van der Waals surface area contributed by atoms with Crippen LogP contribution in [0.25, 0.3) is 0 Å². The summed E-state index contributed by atoms with van der Waals surface area (Å²) >= 11 is 0. The highest BCUT2D eigenvalue weighted by atomic mass is 32.2. The summed E-state index contributed by atoms with van der Waals surface area (Å²) in [6, 6.07) is 7.68. The molecule has 0 unspecified atom stereocenters. The summed E-state index contributed by atoms with van der Waals surface area (Å²) < 4.78 is 38.7. The first kappa shape index (κ1) is 19.7. The molecule has 1 aromatic carbocycles. The largest absolute Gasteiger partial charge is 0.467 e. The van der Waals surface area contributed by atoms with E-state index in [0.717, 1.165) is 11.3 Å². The van der Waals surface area contributed by atoms with Crippen molar-refractivity contribution in [1.29, 1.82) is 0 Å². The van der Waals surface area contributed by atoms with Crippen molar-refractivity contribution in [2.45, 2.75) is 37.8 Å². The SMILES string of the molecule is CC1(C)c2ccccc2N(CCS(=O)(=O)O)[C@@]12C=CC1=C(CCC([N+](=O)[O-])=C1)O2. The first-order chi connectivity index (χ1) is 13.6. The Morgan fingerprint density at radius 2 is 2.00 bits per heavy atom. The predicted molar refractivity (Wildman–Crippen MR) is 108 cm³/mol. The number of para-hydroxylation sites is 1. The summed E-state index contributed by atoms with van der Waals surface area (Å²) in [7, 11) is -4.16. The molecule has 1 aliphatic carbocycles. The summed E-state index contributed by atoms with van der Waals surface area (Å²) in [5, 5.41) is 11.1. The average molecular weight is 418 g/mol. The van der Waals surface area contributed by atoms with Gasteiger partial charge >= 0.3 is 0 Å². The van der Waals surface area contributed by atoms with E-state index >= 15 is 0 Å². The summed E-state index contributed by atoms with van der Waals surface area (Å²) in [6.45, 7) is 4.09. The highest BCUT2D eigenvalue weighted by molar-refractivity contribution is 7.85. The minimum atomic E-state index is -4.16. The van der Waals surface area contributed by atoms with Gasteiger partial charge in [-0.25, -0.2) is 0 Å². The second-order valence-electron chi connectivity index (χ2n) is 7.98. The molecule has 0 aromatic heterocycles. The Kier molecular flexibility index (Phi) is 4.36. The number of fused-ring (bicyclic) bond motifs is 1. The number of nitrogens with zero attached hydrogens (tertiary/aromatic N) is 2. The molecule has 29 heavy (non-hydrogen) atoms. The fraction of sp³-hybridized carbons (Fsp3) is 0.400. The van der Waals surface area contributed by atoms with Crippen molar-refractivity contribution in [3.63, 3.8) is 0 Å². The number of benzene rings is 1. The van der Waals surface area contributed by atoms with Crippen molar-refractivity contribution in [1.82, 2.24) is 0 Å². The normalized spacial score (nSPS) is 24.8. The molecule has 1 spiro atoms. The van der Waals surface area contributed by atoms with E-state index in [9.17, 15) is 23.1 Å². The second-order valence-corrected chi connectivity index (χ2v) is 9.56. The van der Waals surface area contributed by atoms with E-state index in [-0.39, 0.29) is 23.6 Å². The van der Waals surface area contributed by atoms with Crippen molar-refractivity contribution < 1.29 is 22.6 Å². The Labute approximate surface area is 169 Å². The van der Waals surface area contributed by atoms with Gasteiger partial charge in [-0.3, -0.25) is 14.7 Å². The maximum absolute atomic E-state index is 11.4. The Hall–Kier alpha value is -2.65. The second kappa shape index (κ2) is 6.43. The van der Waals surface area contributed by atoms with Crippen molar-refractivity contribution in [3.8, 4) is 0 Å². The molecular formula is C20H22N2O6S. The fourth-order valence-electron chi connectivity index (χ4n) is 4.46. The van der Waals surface area contributed by atoms with Crippen molar-refractivity contribution >= 4 is 15.8 Å². The zero-order valence-electron chi connectivity index (χ0n) is 16.2. The molecule has 2 aliphatic heterocycles. The molecule has 1 aromatic rings. The van der Waals surface area contributed by atoms with Gasteiger partial charge in [-0.1, -0.05) is 18.2 Å². The Morgan fingerprint density at radius 1 is 1.28 bits per heavy atom. The van der Waals surface area contributed by atoms with Crippen LogP contribution in [0.2, 0.25) is 0 Å². The fourth-order valence-corrected chi connectivity index (χ4v) is 4.87. The van der Waals surface area contributed by atoms with Crippen LogP contribution in [-0.2, 0) is 20.3 Å². The van der Waals surface area contributed by atoms with Crippen LogP contribution in [0.5, 0.6) is 0 Å². The summed E-state index contributed by atoms with van der Waals surface area (Å²) in [5.41, 5.74) is 1.11. The molecule has 0 fully saturated rings. The van der Waals surface area contributed by atoms with Gasteiger partial charge in [0, 0.05) is 36.7 Å².